The lowest BCUT2D eigenvalue weighted by Crippen LogP contribution is -2.29. The molecule has 1 amide bonds. The zero-order valence-electron chi connectivity index (χ0n) is 16.0. The van der Waals surface area contributed by atoms with E-state index in [0.717, 1.165) is 17.1 Å². The number of amides is 1. The van der Waals surface area contributed by atoms with Crippen molar-refractivity contribution in [2.45, 2.75) is 33.3 Å². The predicted octanol–water partition coefficient (Wildman–Crippen LogP) is 4.23. The molecule has 1 unspecified atom stereocenters. The topological polar surface area (TPSA) is 78.3 Å². The van der Waals surface area contributed by atoms with Crippen molar-refractivity contribution < 1.29 is 13.9 Å². The molecule has 2 aromatic rings. The molecular formula is C22H26N2O3. The third-order valence-electron chi connectivity index (χ3n) is 3.94. The molecule has 0 saturated heterocycles. The van der Waals surface area contributed by atoms with Crippen molar-refractivity contribution in [1.29, 1.82) is 0 Å². The fourth-order valence-electron chi connectivity index (χ4n) is 2.45. The second kappa shape index (κ2) is 9.57. The van der Waals surface area contributed by atoms with E-state index in [0.29, 0.717) is 6.42 Å². The summed E-state index contributed by atoms with van der Waals surface area (Å²) in [7, 11) is 0. The molecule has 1 heterocycles. The van der Waals surface area contributed by atoms with Gasteiger partial charge in [-0.15, -0.1) is 0 Å². The van der Waals surface area contributed by atoms with Gasteiger partial charge in [-0.1, -0.05) is 48.1 Å². The van der Waals surface area contributed by atoms with E-state index in [9.17, 15) is 4.79 Å². The first-order valence-electron chi connectivity index (χ1n) is 8.80. The lowest BCUT2D eigenvalue weighted by Gasteiger charge is -2.15. The Bertz CT molecular complexity index is 803. The third-order valence-corrected chi connectivity index (χ3v) is 3.94. The van der Waals surface area contributed by atoms with Gasteiger partial charge in [0.1, 0.15) is 17.6 Å². The third kappa shape index (κ3) is 6.98. The molecule has 1 aromatic heterocycles. The summed E-state index contributed by atoms with van der Waals surface area (Å²) in [4.78, 5) is 15.4. The van der Waals surface area contributed by atoms with Crippen LogP contribution in [0.1, 0.15) is 26.5 Å². The SMILES string of the molecule is CC(/C=C/C=C/C(Cc1cnco1)Oc1ccccc1)=C\C(C)(C)C(N)=O. The highest BCUT2D eigenvalue weighted by molar-refractivity contribution is 5.82. The molecule has 0 saturated carbocycles. The number of carbonyl (C=O) groups excluding carboxylic acids is 1. The molecule has 5 heteroatoms. The van der Waals surface area contributed by atoms with Gasteiger partial charge in [0.05, 0.1) is 11.6 Å². The number of rotatable bonds is 9. The molecule has 0 aliphatic rings. The van der Waals surface area contributed by atoms with E-state index in [1.807, 2.05) is 67.6 Å². The minimum Gasteiger partial charge on any atom is -0.486 e. The number of oxazole rings is 1. The van der Waals surface area contributed by atoms with Crippen molar-refractivity contribution in [3.05, 3.63) is 84.6 Å². The fourth-order valence-corrected chi connectivity index (χ4v) is 2.45. The van der Waals surface area contributed by atoms with Crippen LogP contribution in [0.5, 0.6) is 5.75 Å². The van der Waals surface area contributed by atoms with Gasteiger partial charge in [-0.05, 0) is 39.0 Å². The summed E-state index contributed by atoms with van der Waals surface area (Å²) < 4.78 is 11.4. The average molecular weight is 366 g/mol. The minimum atomic E-state index is -0.677. The number of nitrogens with zero attached hydrogens (tertiary/aromatic N) is 1. The van der Waals surface area contributed by atoms with E-state index in [4.69, 9.17) is 14.9 Å². The maximum absolute atomic E-state index is 11.4. The Morgan fingerprint density at radius 2 is 2.04 bits per heavy atom. The molecule has 1 atom stereocenters. The van der Waals surface area contributed by atoms with Crippen molar-refractivity contribution in [2.75, 3.05) is 0 Å². The molecule has 2 N–H and O–H groups in total. The quantitative estimate of drug-likeness (QED) is 0.674. The molecule has 5 nitrogen and oxygen atoms in total. The van der Waals surface area contributed by atoms with Gasteiger partial charge in [0.15, 0.2) is 6.39 Å². The average Bonchev–Trinajstić information content (AvgIpc) is 3.12. The number of allylic oxidation sites excluding steroid dienone is 4. The van der Waals surface area contributed by atoms with E-state index in [2.05, 4.69) is 4.98 Å². The van der Waals surface area contributed by atoms with E-state index >= 15 is 0 Å². The molecule has 0 bridgehead atoms. The molecule has 0 aliphatic carbocycles. The van der Waals surface area contributed by atoms with Crippen molar-refractivity contribution in [3.63, 3.8) is 0 Å². The van der Waals surface area contributed by atoms with Crippen LogP contribution >= 0.6 is 0 Å². The monoisotopic (exact) mass is 366 g/mol. The Hall–Kier alpha value is -3.08. The lowest BCUT2D eigenvalue weighted by atomic mass is 9.90. The Labute approximate surface area is 160 Å². The Morgan fingerprint density at radius 3 is 2.67 bits per heavy atom. The highest BCUT2D eigenvalue weighted by Gasteiger charge is 2.21. The van der Waals surface area contributed by atoms with E-state index in [1.165, 1.54) is 6.39 Å². The number of hydrogen-bond donors (Lipinski definition) is 1. The fraction of sp³-hybridized carbons (Fsp3) is 0.273. The molecule has 0 aliphatic heterocycles. The van der Waals surface area contributed by atoms with Crippen LogP contribution in [-0.2, 0) is 11.2 Å². The zero-order chi connectivity index (χ0) is 19.7. The van der Waals surface area contributed by atoms with Crippen LogP contribution < -0.4 is 10.5 Å². The predicted molar refractivity (Wildman–Crippen MR) is 106 cm³/mol. The molecule has 27 heavy (non-hydrogen) atoms. The van der Waals surface area contributed by atoms with Crippen LogP contribution in [-0.4, -0.2) is 17.0 Å². The number of carbonyl (C=O) groups is 1. The first kappa shape index (κ1) is 20.2. The minimum absolute atomic E-state index is 0.198. The molecule has 0 fully saturated rings. The van der Waals surface area contributed by atoms with Crippen LogP contribution in [0.15, 0.2) is 83.3 Å². The highest BCUT2D eigenvalue weighted by Crippen LogP contribution is 2.19. The lowest BCUT2D eigenvalue weighted by molar-refractivity contribution is -0.123. The van der Waals surface area contributed by atoms with Gasteiger partial charge >= 0.3 is 0 Å². The van der Waals surface area contributed by atoms with Crippen molar-refractivity contribution in [1.82, 2.24) is 4.98 Å². The molecule has 1 aromatic carbocycles. The Balaban J connectivity index is 2.05. The second-order valence-corrected chi connectivity index (χ2v) is 6.86. The summed E-state index contributed by atoms with van der Waals surface area (Å²) in [5, 5.41) is 0. The van der Waals surface area contributed by atoms with Gasteiger partial charge in [0.2, 0.25) is 5.91 Å². The number of hydrogen-bond acceptors (Lipinski definition) is 4. The van der Waals surface area contributed by atoms with Crippen LogP contribution in [0.2, 0.25) is 0 Å². The molecular weight excluding hydrogens is 340 g/mol. The van der Waals surface area contributed by atoms with Crippen LogP contribution in [0.4, 0.5) is 0 Å². The number of benzene rings is 1. The summed E-state index contributed by atoms with van der Waals surface area (Å²) in [6.07, 6.45) is 13.0. The van der Waals surface area contributed by atoms with Crippen molar-refractivity contribution in [2.24, 2.45) is 11.1 Å². The molecule has 142 valence electrons. The van der Waals surface area contributed by atoms with Gasteiger partial charge in [0, 0.05) is 6.42 Å². The Kier molecular flexibility index (Phi) is 7.17. The van der Waals surface area contributed by atoms with Crippen LogP contribution in [0.3, 0.4) is 0 Å². The zero-order valence-corrected chi connectivity index (χ0v) is 16.0. The van der Waals surface area contributed by atoms with Crippen LogP contribution in [0, 0.1) is 5.41 Å². The molecule has 0 radical (unpaired) electrons. The summed E-state index contributed by atoms with van der Waals surface area (Å²) in [5.74, 6) is 1.19. The largest absolute Gasteiger partial charge is 0.486 e. The van der Waals surface area contributed by atoms with Crippen LogP contribution in [0.25, 0.3) is 0 Å². The van der Waals surface area contributed by atoms with E-state index in [-0.39, 0.29) is 12.0 Å². The molecule has 2 rings (SSSR count). The van der Waals surface area contributed by atoms with Gasteiger partial charge in [-0.25, -0.2) is 4.98 Å². The summed E-state index contributed by atoms with van der Waals surface area (Å²) in [6, 6.07) is 9.63. The van der Waals surface area contributed by atoms with Gasteiger partial charge in [-0.3, -0.25) is 4.79 Å². The standard InChI is InChI=1S/C22H26N2O3/c1-17(14-22(2,3)21(23)25)9-7-8-12-19(13-20-15-24-16-26-20)27-18-10-5-4-6-11-18/h4-12,14-16,19H,13H2,1-3H3,(H2,23,25)/b9-7+,12-8+,17-14+. The smallest absolute Gasteiger partial charge is 0.226 e. The summed E-state index contributed by atoms with van der Waals surface area (Å²) in [5.41, 5.74) is 5.68. The van der Waals surface area contributed by atoms with Gasteiger partial charge < -0.3 is 14.9 Å². The molecule has 0 spiro atoms. The number of aromatic nitrogens is 1. The number of nitrogens with two attached hydrogens (primary N) is 1. The second-order valence-electron chi connectivity index (χ2n) is 6.86. The number of para-hydroxylation sites is 1. The van der Waals surface area contributed by atoms with Gasteiger partial charge in [-0.2, -0.15) is 0 Å². The van der Waals surface area contributed by atoms with Gasteiger partial charge in [0.25, 0.3) is 0 Å². The first-order chi connectivity index (χ1) is 12.9. The normalized spacial score (nSPS) is 14.0. The van der Waals surface area contributed by atoms with E-state index in [1.54, 1.807) is 20.0 Å². The highest BCUT2D eigenvalue weighted by atomic mass is 16.5. The maximum atomic E-state index is 11.4. The summed E-state index contributed by atoms with van der Waals surface area (Å²) in [6.45, 7) is 5.52. The van der Waals surface area contributed by atoms with E-state index < -0.39 is 5.41 Å². The van der Waals surface area contributed by atoms with Crippen molar-refractivity contribution in [3.8, 4) is 5.75 Å². The maximum Gasteiger partial charge on any atom is 0.226 e. The Morgan fingerprint density at radius 1 is 1.30 bits per heavy atom. The first-order valence-corrected chi connectivity index (χ1v) is 8.80. The van der Waals surface area contributed by atoms with Crippen molar-refractivity contribution >= 4 is 5.91 Å². The number of primary amides is 1. The number of ether oxygens (including phenoxy) is 1. The summed E-state index contributed by atoms with van der Waals surface area (Å²) >= 11 is 0.